The van der Waals surface area contributed by atoms with Crippen LogP contribution in [0.2, 0.25) is 0 Å². The fourth-order valence-electron chi connectivity index (χ4n) is 1.06. The van der Waals surface area contributed by atoms with E-state index in [1.54, 1.807) is 12.3 Å². The summed E-state index contributed by atoms with van der Waals surface area (Å²) >= 11 is 0. The molecule has 0 spiro atoms. The number of hydrogen-bond acceptors (Lipinski definition) is 2. The highest BCUT2D eigenvalue weighted by atomic mass is 16.6. The number of nitrogens with zero attached hydrogens (tertiary/aromatic N) is 1. The fraction of sp³-hybridized carbons (Fsp3) is 0.500. The Bertz CT molecular complexity index is 201. The Morgan fingerprint density at radius 1 is 1.80 bits per heavy atom. The Morgan fingerprint density at radius 2 is 2.60 bits per heavy atom. The van der Waals surface area contributed by atoms with Gasteiger partial charge in [-0.2, -0.15) is 0 Å². The summed E-state index contributed by atoms with van der Waals surface area (Å²) in [5.74, 6) is 0. The molecule has 0 bridgehead atoms. The predicted octanol–water partition coefficient (Wildman–Crippen LogP) is 0.261. The minimum Gasteiger partial charge on any atom is -0.465 e. The van der Waals surface area contributed by atoms with Crippen molar-refractivity contribution in [3.05, 3.63) is 12.3 Å². The van der Waals surface area contributed by atoms with Crippen LogP contribution in [0.25, 0.3) is 0 Å². The predicted molar refractivity (Wildman–Crippen MR) is 32.5 cm³/mol. The lowest BCUT2D eigenvalue weighted by atomic mass is 10.2. The largest absolute Gasteiger partial charge is 0.465 e. The second kappa shape index (κ2) is 1.73. The normalized spacial score (nSPS) is 35.4. The van der Waals surface area contributed by atoms with Gasteiger partial charge in [-0.25, -0.2) is 4.79 Å². The van der Waals surface area contributed by atoms with E-state index >= 15 is 0 Å². The van der Waals surface area contributed by atoms with Gasteiger partial charge in [-0.05, 0) is 6.08 Å². The number of fused-ring (bicyclic) bond motifs is 1. The topological polar surface area (TPSA) is 53.1 Å². The SMILES string of the molecule is O=C(O)N1C=CC2OC2C1. The highest BCUT2D eigenvalue weighted by Crippen LogP contribution is 2.27. The molecule has 0 aliphatic carbocycles. The molecule has 4 heteroatoms. The summed E-state index contributed by atoms with van der Waals surface area (Å²) in [7, 11) is 0. The smallest absolute Gasteiger partial charge is 0.411 e. The van der Waals surface area contributed by atoms with Crippen LogP contribution in [0.5, 0.6) is 0 Å². The van der Waals surface area contributed by atoms with Crippen LogP contribution in [0.15, 0.2) is 12.3 Å². The van der Waals surface area contributed by atoms with Crippen LogP contribution in [0.3, 0.4) is 0 Å². The van der Waals surface area contributed by atoms with E-state index in [4.69, 9.17) is 9.84 Å². The molecule has 0 aromatic rings. The second-order valence-electron chi connectivity index (χ2n) is 2.42. The van der Waals surface area contributed by atoms with E-state index < -0.39 is 6.09 Å². The molecule has 2 aliphatic rings. The molecule has 54 valence electrons. The van der Waals surface area contributed by atoms with Crippen LogP contribution < -0.4 is 0 Å². The molecule has 2 atom stereocenters. The van der Waals surface area contributed by atoms with Crippen molar-refractivity contribution in [2.24, 2.45) is 0 Å². The van der Waals surface area contributed by atoms with E-state index in [0.717, 1.165) is 0 Å². The van der Waals surface area contributed by atoms with E-state index in [9.17, 15) is 4.79 Å². The first-order valence-corrected chi connectivity index (χ1v) is 3.11. The number of ether oxygens (including phenoxy) is 1. The van der Waals surface area contributed by atoms with Crippen molar-refractivity contribution in [2.75, 3.05) is 6.54 Å². The summed E-state index contributed by atoms with van der Waals surface area (Å²) in [4.78, 5) is 11.6. The van der Waals surface area contributed by atoms with Crippen LogP contribution >= 0.6 is 0 Å². The van der Waals surface area contributed by atoms with Gasteiger partial charge >= 0.3 is 6.09 Å². The van der Waals surface area contributed by atoms with E-state index in [-0.39, 0.29) is 12.2 Å². The van der Waals surface area contributed by atoms with Crippen molar-refractivity contribution < 1.29 is 14.6 Å². The van der Waals surface area contributed by atoms with E-state index in [0.29, 0.717) is 6.54 Å². The van der Waals surface area contributed by atoms with Crippen LogP contribution in [-0.4, -0.2) is 34.9 Å². The zero-order valence-electron chi connectivity index (χ0n) is 5.23. The minimum atomic E-state index is -0.912. The number of carbonyl (C=O) groups is 1. The standard InChI is InChI=1S/C6H7NO3/c8-6(9)7-2-1-4-5(3-7)10-4/h1-2,4-5H,3H2,(H,8,9). The van der Waals surface area contributed by atoms with Crippen molar-refractivity contribution in [1.82, 2.24) is 4.90 Å². The average Bonchev–Trinajstić information content (AvgIpc) is 2.63. The second-order valence-corrected chi connectivity index (χ2v) is 2.42. The Morgan fingerprint density at radius 3 is 3.20 bits per heavy atom. The molecule has 0 saturated carbocycles. The maximum atomic E-state index is 10.3. The highest BCUT2D eigenvalue weighted by molar-refractivity contribution is 5.66. The van der Waals surface area contributed by atoms with Gasteiger partial charge in [-0.1, -0.05) is 0 Å². The summed E-state index contributed by atoms with van der Waals surface area (Å²) in [6, 6.07) is 0. The maximum absolute atomic E-state index is 10.3. The van der Waals surface area contributed by atoms with Gasteiger partial charge in [0.25, 0.3) is 0 Å². The van der Waals surface area contributed by atoms with Gasteiger partial charge in [0.15, 0.2) is 0 Å². The first-order chi connectivity index (χ1) is 4.77. The number of carboxylic acid groups (broad SMARTS) is 1. The molecule has 0 aromatic carbocycles. The summed E-state index contributed by atoms with van der Waals surface area (Å²) in [5.41, 5.74) is 0. The van der Waals surface area contributed by atoms with E-state index in [1.165, 1.54) is 4.90 Å². The molecule has 0 radical (unpaired) electrons. The van der Waals surface area contributed by atoms with Gasteiger partial charge in [0, 0.05) is 6.20 Å². The fourth-order valence-corrected chi connectivity index (χ4v) is 1.06. The summed E-state index contributed by atoms with van der Waals surface area (Å²) in [6.45, 7) is 0.483. The van der Waals surface area contributed by atoms with Crippen molar-refractivity contribution >= 4 is 6.09 Å². The zero-order valence-corrected chi connectivity index (χ0v) is 5.23. The number of hydrogen-bond donors (Lipinski definition) is 1. The summed E-state index contributed by atoms with van der Waals surface area (Å²) in [6.07, 6.45) is 2.72. The molecule has 2 unspecified atom stereocenters. The molecular formula is C6H7NO3. The number of rotatable bonds is 0. The molecule has 1 amide bonds. The molecule has 1 saturated heterocycles. The van der Waals surface area contributed by atoms with Gasteiger partial charge in [0.1, 0.15) is 12.2 Å². The molecule has 4 nitrogen and oxygen atoms in total. The van der Waals surface area contributed by atoms with Crippen molar-refractivity contribution in [1.29, 1.82) is 0 Å². The third-order valence-electron chi connectivity index (χ3n) is 1.70. The molecule has 1 N–H and O–H groups in total. The lowest BCUT2D eigenvalue weighted by Gasteiger charge is -2.14. The lowest BCUT2D eigenvalue weighted by molar-refractivity contribution is 0.159. The minimum absolute atomic E-state index is 0.126. The molecule has 0 aromatic heterocycles. The molecule has 2 rings (SSSR count). The van der Waals surface area contributed by atoms with Crippen LogP contribution in [0, 0.1) is 0 Å². The maximum Gasteiger partial charge on any atom is 0.411 e. The zero-order chi connectivity index (χ0) is 7.14. The molecule has 2 heterocycles. The van der Waals surface area contributed by atoms with Gasteiger partial charge in [-0.15, -0.1) is 0 Å². The summed E-state index contributed by atoms with van der Waals surface area (Å²) in [5, 5.41) is 8.49. The van der Waals surface area contributed by atoms with E-state index in [2.05, 4.69) is 0 Å². The Labute approximate surface area is 57.7 Å². The quantitative estimate of drug-likeness (QED) is 0.492. The molecular weight excluding hydrogens is 134 g/mol. The van der Waals surface area contributed by atoms with Gasteiger partial charge < -0.3 is 9.84 Å². The van der Waals surface area contributed by atoms with Gasteiger partial charge in [0.2, 0.25) is 0 Å². The number of epoxide rings is 1. The highest BCUT2D eigenvalue weighted by Gasteiger charge is 2.41. The average molecular weight is 141 g/mol. The van der Waals surface area contributed by atoms with Crippen LogP contribution in [0.4, 0.5) is 4.79 Å². The summed E-state index contributed by atoms with van der Waals surface area (Å²) < 4.78 is 5.07. The van der Waals surface area contributed by atoms with Crippen molar-refractivity contribution in [2.45, 2.75) is 12.2 Å². The van der Waals surface area contributed by atoms with Crippen molar-refractivity contribution in [3.8, 4) is 0 Å². The number of amides is 1. The van der Waals surface area contributed by atoms with Crippen LogP contribution in [0.1, 0.15) is 0 Å². The van der Waals surface area contributed by atoms with Gasteiger partial charge in [-0.3, -0.25) is 4.90 Å². The van der Waals surface area contributed by atoms with Crippen LogP contribution in [-0.2, 0) is 4.74 Å². The third kappa shape index (κ3) is 0.769. The molecule has 1 fully saturated rings. The first-order valence-electron chi connectivity index (χ1n) is 3.11. The van der Waals surface area contributed by atoms with Gasteiger partial charge in [0.05, 0.1) is 6.54 Å². The third-order valence-corrected chi connectivity index (χ3v) is 1.70. The van der Waals surface area contributed by atoms with E-state index in [1.807, 2.05) is 0 Å². The molecule has 10 heavy (non-hydrogen) atoms. The monoisotopic (exact) mass is 141 g/mol. The Kier molecular flexibility index (Phi) is 0.990. The lowest BCUT2D eigenvalue weighted by Crippen LogP contribution is -2.30. The molecule has 2 aliphatic heterocycles. The Balaban J connectivity index is 2.07. The Hall–Kier alpha value is -1.03. The van der Waals surface area contributed by atoms with Crippen molar-refractivity contribution in [3.63, 3.8) is 0 Å². The first kappa shape index (κ1) is 5.73.